The molecule has 1 aromatic rings. The number of hydrogen-bond donors (Lipinski definition) is 1. The monoisotopic (exact) mass is 287 g/mol. The first-order chi connectivity index (χ1) is 10.2. The summed E-state index contributed by atoms with van der Waals surface area (Å²) >= 11 is 0. The van der Waals surface area contributed by atoms with Crippen molar-refractivity contribution in [1.29, 1.82) is 5.26 Å². The summed E-state index contributed by atoms with van der Waals surface area (Å²) in [6, 6.07) is 12.6. The van der Waals surface area contributed by atoms with Gasteiger partial charge in [0.25, 0.3) is 0 Å². The molecule has 0 spiro atoms. The molecule has 0 aliphatic carbocycles. The molecule has 21 heavy (non-hydrogen) atoms. The van der Waals surface area contributed by atoms with E-state index in [9.17, 15) is 5.26 Å². The van der Waals surface area contributed by atoms with E-state index in [0.29, 0.717) is 0 Å². The lowest BCUT2D eigenvalue weighted by Gasteiger charge is -2.33. The highest BCUT2D eigenvalue weighted by molar-refractivity contribution is 5.32. The average molecular weight is 287 g/mol. The zero-order chi connectivity index (χ0) is 15.6. The SMILES string of the molecule is CCCCCN(C)CC(C#N)(NCCC)c1ccccc1. The van der Waals surface area contributed by atoms with Gasteiger partial charge in [0.1, 0.15) is 5.54 Å². The fourth-order valence-electron chi connectivity index (χ4n) is 2.57. The third-order valence-corrected chi connectivity index (χ3v) is 3.78. The summed E-state index contributed by atoms with van der Waals surface area (Å²) < 4.78 is 0. The minimum atomic E-state index is -0.613. The van der Waals surface area contributed by atoms with Crippen LogP contribution in [0.25, 0.3) is 0 Å². The molecule has 1 rings (SSSR count). The number of hydrogen-bond acceptors (Lipinski definition) is 3. The van der Waals surface area contributed by atoms with E-state index in [-0.39, 0.29) is 0 Å². The van der Waals surface area contributed by atoms with Crippen LogP contribution in [0, 0.1) is 11.3 Å². The van der Waals surface area contributed by atoms with Crippen molar-refractivity contribution in [2.75, 3.05) is 26.7 Å². The molecular weight excluding hydrogens is 258 g/mol. The van der Waals surface area contributed by atoms with Crippen molar-refractivity contribution in [3.8, 4) is 6.07 Å². The lowest BCUT2D eigenvalue weighted by atomic mass is 9.90. The fourth-order valence-corrected chi connectivity index (χ4v) is 2.57. The Hall–Kier alpha value is -1.37. The molecule has 0 aromatic heterocycles. The van der Waals surface area contributed by atoms with Gasteiger partial charge >= 0.3 is 0 Å². The summed E-state index contributed by atoms with van der Waals surface area (Å²) in [5.41, 5.74) is 0.446. The standard InChI is InChI=1S/C18H29N3/c1-4-6-10-14-21(3)16-18(15-19,20-13-5-2)17-11-8-7-9-12-17/h7-9,11-12,20H,4-6,10,13-14,16H2,1-3H3. The topological polar surface area (TPSA) is 39.1 Å². The van der Waals surface area contributed by atoms with Gasteiger partial charge in [-0.25, -0.2) is 0 Å². The van der Waals surface area contributed by atoms with Gasteiger partial charge in [0.2, 0.25) is 0 Å². The Morgan fingerprint density at radius 1 is 1.14 bits per heavy atom. The van der Waals surface area contributed by atoms with Crippen LogP contribution in [-0.4, -0.2) is 31.6 Å². The van der Waals surface area contributed by atoms with E-state index < -0.39 is 5.54 Å². The van der Waals surface area contributed by atoms with Crippen LogP contribution in [-0.2, 0) is 5.54 Å². The number of nitriles is 1. The van der Waals surface area contributed by atoms with Crippen LogP contribution in [0.5, 0.6) is 0 Å². The van der Waals surface area contributed by atoms with Crippen LogP contribution < -0.4 is 5.32 Å². The van der Waals surface area contributed by atoms with E-state index in [4.69, 9.17) is 0 Å². The molecule has 0 aliphatic heterocycles. The fraction of sp³-hybridized carbons (Fsp3) is 0.611. The van der Waals surface area contributed by atoms with Crippen molar-refractivity contribution >= 4 is 0 Å². The third-order valence-electron chi connectivity index (χ3n) is 3.78. The van der Waals surface area contributed by atoms with Crippen molar-refractivity contribution in [2.24, 2.45) is 0 Å². The van der Waals surface area contributed by atoms with Gasteiger partial charge in [0, 0.05) is 6.54 Å². The highest BCUT2D eigenvalue weighted by Gasteiger charge is 2.32. The molecule has 0 aliphatic rings. The predicted molar refractivity (Wildman–Crippen MR) is 89.0 cm³/mol. The minimum absolute atomic E-state index is 0.613. The molecule has 0 fully saturated rings. The van der Waals surface area contributed by atoms with Crippen molar-refractivity contribution in [1.82, 2.24) is 10.2 Å². The number of nitrogens with one attached hydrogen (secondary N) is 1. The van der Waals surface area contributed by atoms with Gasteiger partial charge in [-0.15, -0.1) is 0 Å². The summed E-state index contributed by atoms with van der Waals surface area (Å²) in [6.07, 6.45) is 4.69. The Bertz CT molecular complexity index is 424. The molecule has 0 saturated heterocycles. The van der Waals surface area contributed by atoms with Crippen LogP contribution >= 0.6 is 0 Å². The largest absolute Gasteiger partial charge is 0.303 e. The van der Waals surface area contributed by atoms with E-state index in [1.54, 1.807) is 0 Å². The minimum Gasteiger partial charge on any atom is -0.303 e. The first-order valence-corrected chi connectivity index (χ1v) is 8.09. The van der Waals surface area contributed by atoms with Gasteiger partial charge in [-0.05, 0) is 38.5 Å². The number of rotatable bonds is 10. The molecule has 0 heterocycles. The Morgan fingerprint density at radius 2 is 1.86 bits per heavy atom. The molecule has 3 nitrogen and oxygen atoms in total. The van der Waals surface area contributed by atoms with Gasteiger partial charge in [-0.2, -0.15) is 5.26 Å². The van der Waals surface area contributed by atoms with Crippen molar-refractivity contribution in [2.45, 2.75) is 45.1 Å². The highest BCUT2D eigenvalue weighted by Crippen LogP contribution is 2.22. The molecule has 1 aromatic carbocycles. The number of unbranched alkanes of at least 4 members (excludes halogenated alkanes) is 2. The Balaban J connectivity index is 2.84. The second-order valence-corrected chi connectivity index (χ2v) is 5.75. The number of nitrogens with zero attached hydrogens (tertiary/aromatic N) is 2. The lowest BCUT2D eigenvalue weighted by molar-refractivity contribution is 0.245. The van der Waals surface area contributed by atoms with E-state index in [1.807, 2.05) is 30.3 Å². The maximum Gasteiger partial charge on any atom is 0.145 e. The van der Waals surface area contributed by atoms with Crippen molar-refractivity contribution in [3.05, 3.63) is 35.9 Å². The summed E-state index contributed by atoms with van der Waals surface area (Å²) in [5.74, 6) is 0. The van der Waals surface area contributed by atoms with E-state index in [0.717, 1.165) is 31.6 Å². The molecular formula is C18H29N3. The molecule has 1 unspecified atom stereocenters. The maximum absolute atomic E-state index is 9.84. The van der Waals surface area contributed by atoms with Gasteiger partial charge in [-0.3, -0.25) is 5.32 Å². The van der Waals surface area contributed by atoms with Crippen molar-refractivity contribution < 1.29 is 0 Å². The smallest absolute Gasteiger partial charge is 0.145 e. The van der Waals surface area contributed by atoms with Crippen molar-refractivity contribution in [3.63, 3.8) is 0 Å². The normalized spacial score (nSPS) is 13.9. The maximum atomic E-state index is 9.84. The molecule has 116 valence electrons. The van der Waals surface area contributed by atoms with E-state index in [2.05, 4.69) is 37.2 Å². The highest BCUT2D eigenvalue weighted by atomic mass is 15.1. The lowest BCUT2D eigenvalue weighted by Crippen LogP contribution is -2.49. The number of likely N-dealkylation sites (N-methyl/N-ethyl adjacent to an activating group) is 1. The van der Waals surface area contributed by atoms with E-state index in [1.165, 1.54) is 19.3 Å². The van der Waals surface area contributed by atoms with Gasteiger partial charge in [0.15, 0.2) is 0 Å². The average Bonchev–Trinajstić information content (AvgIpc) is 2.52. The second kappa shape index (κ2) is 9.55. The molecule has 0 saturated carbocycles. The first-order valence-electron chi connectivity index (χ1n) is 8.09. The Kier molecular flexibility index (Phi) is 8.04. The zero-order valence-electron chi connectivity index (χ0n) is 13.7. The predicted octanol–water partition coefficient (Wildman–Crippen LogP) is 3.53. The van der Waals surface area contributed by atoms with Crippen LogP contribution in [0.3, 0.4) is 0 Å². The Labute approximate surface area is 130 Å². The molecule has 0 radical (unpaired) electrons. The quantitative estimate of drug-likeness (QED) is 0.669. The summed E-state index contributed by atoms with van der Waals surface area (Å²) in [4.78, 5) is 2.27. The van der Waals surface area contributed by atoms with Crippen LogP contribution in [0.15, 0.2) is 30.3 Å². The summed E-state index contributed by atoms with van der Waals surface area (Å²) in [5, 5.41) is 13.3. The third kappa shape index (κ3) is 5.49. The van der Waals surface area contributed by atoms with Gasteiger partial charge in [-0.1, -0.05) is 57.0 Å². The van der Waals surface area contributed by atoms with Crippen LogP contribution in [0.1, 0.15) is 45.1 Å². The van der Waals surface area contributed by atoms with Gasteiger partial charge in [0.05, 0.1) is 6.07 Å². The molecule has 3 heteroatoms. The first kappa shape index (κ1) is 17.7. The van der Waals surface area contributed by atoms with Gasteiger partial charge < -0.3 is 4.90 Å². The number of benzene rings is 1. The second-order valence-electron chi connectivity index (χ2n) is 5.75. The molecule has 1 N–H and O–H groups in total. The molecule has 0 amide bonds. The molecule has 1 atom stereocenters. The summed E-state index contributed by atoms with van der Waals surface area (Å²) in [6.45, 7) is 6.96. The zero-order valence-corrected chi connectivity index (χ0v) is 13.7. The van der Waals surface area contributed by atoms with E-state index >= 15 is 0 Å². The van der Waals surface area contributed by atoms with Crippen LogP contribution in [0.4, 0.5) is 0 Å². The van der Waals surface area contributed by atoms with Crippen LogP contribution in [0.2, 0.25) is 0 Å². The Morgan fingerprint density at radius 3 is 2.43 bits per heavy atom. The molecule has 0 bridgehead atoms. The summed E-state index contributed by atoms with van der Waals surface area (Å²) in [7, 11) is 2.11.